The zero-order valence-corrected chi connectivity index (χ0v) is 25.7. The number of carboxylic acid groups (broad SMARTS) is 1. The smallest absolute Gasteiger partial charge is 0.306 e. The number of nitrogens with zero attached hydrogens (tertiary/aromatic N) is 2. The van der Waals surface area contributed by atoms with Crippen molar-refractivity contribution in [1.82, 2.24) is 4.90 Å². The van der Waals surface area contributed by atoms with Crippen LogP contribution in [0.5, 0.6) is 0 Å². The van der Waals surface area contributed by atoms with Crippen LogP contribution in [0, 0.1) is 11.3 Å². The summed E-state index contributed by atoms with van der Waals surface area (Å²) in [5.74, 6) is -7.20. The number of rotatable bonds is 7. The van der Waals surface area contributed by atoms with E-state index in [0.717, 1.165) is 4.90 Å². The Morgan fingerprint density at radius 1 is 1.10 bits per heavy atom. The van der Waals surface area contributed by atoms with Gasteiger partial charge in [-0.05, 0) is 35.7 Å². The maximum atomic E-state index is 15.3. The molecular weight excluding hydrogens is 622 g/mol. The van der Waals surface area contributed by atoms with Gasteiger partial charge in [-0.1, -0.05) is 74.1 Å². The fourth-order valence-corrected chi connectivity index (χ4v) is 6.79. The van der Waals surface area contributed by atoms with Crippen LogP contribution in [-0.2, 0) is 19.9 Å². The number of benzene rings is 2. The number of hydrogen-bond acceptors (Lipinski definition) is 4. The van der Waals surface area contributed by atoms with Crippen molar-refractivity contribution in [2.75, 3.05) is 23.3 Å². The summed E-state index contributed by atoms with van der Waals surface area (Å²) >= 11 is 25.0. The predicted molar refractivity (Wildman–Crippen MR) is 157 cm³/mol. The van der Waals surface area contributed by atoms with E-state index in [-0.39, 0.29) is 37.9 Å². The highest BCUT2D eigenvalue weighted by Gasteiger charge is 2.62. The standard InChI is InChI=1S/C28H29Cl4F2N3O4/c1-14(24(40)36(12-26(2,3)4)18-6-15(29)5-16(30)7-18)21-10-27(33,34)13-37(21)28(11-22(38)39)19-8-17(31)9-20(32)23(19)35-25(28)41/h5-9,14,21H,10-13H2,1-4H3,(H,35,41)(H,38,39)/t14-,21-,28-/m1/s1. The predicted octanol–water partition coefficient (Wildman–Crippen LogP) is 7.35. The Balaban J connectivity index is 1.84. The molecule has 0 unspecified atom stereocenters. The molecule has 2 N–H and O–H groups in total. The van der Waals surface area contributed by atoms with E-state index in [1.807, 2.05) is 20.8 Å². The molecule has 1 saturated heterocycles. The van der Waals surface area contributed by atoms with Gasteiger partial charge in [0.15, 0.2) is 0 Å². The molecule has 7 nitrogen and oxygen atoms in total. The van der Waals surface area contributed by atoms with Crippen LogP contribution in [0.15, 0.2) is 30.3 Å². The van der Waals surface area contributed by atoms with Crippen LogP contribution in [0.1, 0.15) is 46.1 Å². The molecule has 2 aromatic rings. The van der Waals surface area contributed by atoms with Gasteiger partial charge < -0.3 is 15.3 Å². The van der Waals surface area contributed by atoms with Crippen molar-refractivity contribution in [3.8, 4) is 0 Å². The zero-order valence-electron chi connectivity index (χ0n) is 22.7. The topological polar surface area (TPSA) is 90.0 Å². The van der Waals surface area contributed by atoms with Crippen molar-refractivity contribution in [1.29, 1.82) is 0 Å². The minimum absolute atomic E-state index is 0.0360. The summed E-state index contributed by atoms with van der Waals surface area (Å²) in [4.78, 5) is 42.5. The molecule has 41 heavy (non-hydrogen) atoms. The highest BCUT2D eigenvalue weighted by atomic mass is 35.5. The second-order valence-electron chi connectivity index (χ2n) is 11.9. The summed E-state index contributed by atoms with van der Waals surface area (Å²) in [5.41, 5.74) is -1.96. The molecule has 1 fully saturated rings. The van der Waals surface area contributed by atoms with E-state index < -0.39 is 66.0 Å². The van der Waals surface area contributed by atoms with Crippen LogP contribution >= 0.6 is 46.4 Å². The first-order chi connectivity index (χ1) is 18.8. The van der Waals surface area contributed by atoms with Crippen molar-refractivity contribution < 1.29 is 28.3 Å². The number of aliphatic carboxylic acids is 1. The van der Waals surface area contributed by atoms with Gasteiger partial charge in [0.2, 0.25) is 11.8 Å². The van der Waals surface area contributed by atoms with Crippen LogP contribution in [-0.4, -0.2) is 52.8 Å². The molecule has 222 valence electrons. The number of halogens is 6. The number of hydrogen-bond donors (Lipinski definition) is 2. The third kappa shape index (κ3) is 6.30. The molecule has 2 aromatic carbocycles. The van der Waals surface area contributed by atoms with E-state index in [9.17, 15) is 19.5 Å². The Kier molecular flexibility index (Phi) is 8.64. The normalized spacial score (nSPS) is 22.8. The lowest BCUT2D eigenvalue weighted by Gasteiger charge is -2.42. The molecule has 13 heteroatoms. The number of alkyl halides is 2. The van der Waals surface area contributed by atoms with Gasteiger partial charge in [-0.3, -0.25) is 19.3 Å². The average Bonchev–Trinajstić information content (AvgIpc) is 3.29. The molecule has 0 saturated carbocycles. The second kappa shape index (κ2) is 11.2. The summed E-state index contributed by atoms with van der Waals surface area (Å²) in [6, 6.07) is 6.11. The fourth-order valence-electron chi connectivity index (χ4n) is 5.74. The second-order valence-corrected chi connectivity index (χ2v) is 13.6. The lowest BCUT2D eigenvalue weighted by atomic mass is 9.83. The van der Waals surface area contributed by atoms with Crippen molar-refractivity contribution in [2.24, 2.45) is 11.3 Å². The van der Waals surface area contributed by atoms with Crippen molar-refractivity contribution in [3.63, 3.8) is 0 Å². The molecule has 4 rings (SSSR count). The minimum Gasteiger partial charge on any atom is -0.481 e. The maximum Gasteiger partial charge on any atom is 0.306 e. The quantitative estimate of drug-likeness (QED) is 0.327. The lowest BCUT2D eigenvalue weighted by Crippen LogP contribution is -2.57. The van der Waals surface area contributed by atoms with Crippen LogP contribution in [0.2, 0.25) is 20.1 Å². The van der Waals surface area contributed by atoms with Gasteiger partial charge in [0.05, 0.1) is 29.6 Å². The minimum atomic E-state index is -3.33. The van der Waals surface area contributed by atoms with Crippen LogP contribution in [0.25, 0.3) is 0 Å². The number of carboxylic acids is 1. The Bertz CT molecular complexity index is 1400. The van der Waals surface area contributed by atoms with E-state index in [1.165, 1.54) is 30.0 Å². The van der Waals surface area contributed by atoms with Gasteiger partial charge >= 0.3 is 5.97 Å². The Hall–Kier alpha value is -2.17. The molecule has 0 bridgehead atoms. The van der Waals surface area contributed by atoms with Gasteiger partial charge in [0, 0.05) is 45.3 Å². The molecule has 2 aliphatic rings. The van der Waals surface area contributed by atoms with Crippen molar-refractivity contribution >= 4 is 75.6 Å². The van der Waals surface area contributed by atoms with Crippen molar-refractivity contribution in [3.05, 3.63) is 56.0 Å². The molecular formula is C28H29Cl4F2N3O4. The number of carbonyl (C=O) groups excluding carboxylic acids is 2. The molecule has 0 radical (unpaired) electrons. The highest BCUT2D eigenvalue weighted by Crippen LogP contribution is 2.52. The van der Waals surface area contributed by atoms with Crippen molar-refractivity contribution in [2.45, 2.75) is 58.0 Å². The molecule has 3 atom stereocenters. The number of likely N-dealkylation sites (tertiary alicyclic amines) is 1. The lowest BCUT2D eigenvalue weighted by molar-refractivity contribution is -0.147. The van der Waals surface area contributed by atoms with Crippen LogP contribution in [0.3, 0.4) is 0 Å². The number of nitrogens with one attached hydrogen (secondary N) is 1. The molecule has 2 aliphatic heterocycles. The number of amides is 2. The summed E-state index contributed by atoms with van der Waals surface area (Å²) in [6.45, 7) is 6.47. The van der Waals surface area contributed by atoms with Gasteiger partial charge in [0.25, 0.3) is 5.92 Å². The van der Waals surface area contributed by atoms with Gasteiger partial charge in [0.1, 0.15) is 5.54 Å². The summed E-state index contributed by atoms with van der Waals surface area (Å²) in [7, 11) is 0. The highest BCUT2D eigenvalue weighted by molar-refractivity contribution is 6.38. The SMILES string of the molecule is C[C@@H](C(=O)N(CC(C)(C)C)c1cc(Cl)cc(Cl)c1)[C@H]1CC(F)(F)CN1[C@@]1(CC(=O)O)C(=O)Nc2c(Cl)cc(Cl)cc21. The number of anilines is 2. The zero-order chi connectivity index (χ0) is 30.7. The van der Waals surface area contributed by atoms with E-state index in [1.54, 1.807) is 12.1 Å². The largest absolute Gasteiger partial charge is 0.481 e. The maximum absolute atomic E-state index is 15.3. The van der Waals surface area contributed by atoms with E-state index in [0.29, 0.717) is 5.69 Å². The first-order valence-electron chi connectivity index (χ1n) is 12.8. The summed E-state index contributed by atoms with van der Waals surface area (Å²) in [5, 5.41) is 13.2. The third-order valence-electron chi connectivity index (χ3n) is 7.35. The summed E-state index contributed by atoms with van der Waals surface area (Å²) < 4.78 is 30.5. The first kappa shape index (κ1) is 31.8. The summed E-state index contributed by atoms with van der Waals surface area (Å²) in [6.07, 6.45) is -1.64. The molecule has 2 amide bonds. The van der Waals surface area contributed by atoms with E-state index >= 15 is 8.78 Å². The monoisotopic (exact) mass is 649 g/mol. The Morgan fingerprint density at radius 3 is 2.24 bits per heavy atom. The fraction of sp³-hybridized carbons (Fsp3) is 0.464. The Morgan fingerprint density at radius 2 is 1.68 bits per heavy atom. The van der Waals surface area contributed by atoms with Crippen LogP contribution < -0.4 is 10.2 Å². The average molecular weight is 651 g/mol. The van der Waals surface area contributed by atoms with Crippen LogP contribution in [0.4, 0.5) is 20.2 Å². The molecule has 0 aliphatic carbocycles. The molecule has 0 spiro atoms. The Labute approximate surface area is 256 Å². The number of carbonyl (C=O) groups is 3. The van der Waals surface area contributed by atoms with E-state index in [2.05, 4.69) is 5.32 Å². The van der Waals surface area contributed by atoms with Gasteiger partial charge in [-0.2, -0.15) is 0 Å². The third-order valence-corrected chi connectivity index (χ3v) is 8.30. The van der Waals surface area contributed by atoms with Gasteiger partial charge in [-0.25, -0.2) is 8.78 Å². The van der Waals surface area contributed by atoms with E-state index in [4.69, 9.17) is 46.4 Å². The number of fused-ring (bicyclic) bond motifs is 1. The first-order valence-corrected chi connectivity index (χ1v) is 14.3. The molecule has 0 aromatic heterocycles. The van der Waals surface area contributed by atoms with Gasteiger partial charge in [-0.15, -0.1) is 0 Å². The molecule has 2 heterocycles.